The Bertz CT molecular complexity index is 931. The summed E-state index contributed by atoms with van der Waals surface area (Å²) in [6.07, 6.45) is 1.43. The highest BCUT2D eigenvalue weighted by atomic mass is 35.5. The lowest BCUT2D eigenvalue weighted by Gasteiger charge is -2.21. The molecule has 6 nitrogen and oxygen atoms in total. The highest BCUT2D eigenvalue weighted by molar-refractivity contribution is 7.89. The molecule has 3 N–H and O–H groups in total. The standard InChI is InChI=1S/C20H24ClN3O3S/c1-4-12-22-28(26,27)19-13-16(10-11-17(19)21)20(25)23-18(14-24(2)3)15-8-6-5-7-9-15/h4-11,13,18,22H,1,12,14H2,2-3H3,(H,23,25)/p+1/t18-/m0/s1. The largest absolute Gasteiger partial charge is 0.340 e. The third kappa shape index (κ3) is 5.90. The minimum atomic E-state index is -3.85. The maximum absolute atomic E-state index is 12.8. The molecule has 0 saturated heterocycles. The molecule has 0 bridgehead atoms. The number of benzene rings is 2. The zero-order valence-electron chi connectivity index (χ0n) is 15.9. The van der Waals surface area contributed by atoms with Gasteiger partial charge in [-0.2, -0.15) is 0 Å². The normalized spacial score (nSPS) is 12.6. The third-order valence-corrected chi connectivity index (χ3v) is 5.93. The van der Waals surface area contributed by atoms with Crippen LogP contribution in [0.25, 0.3) is 0 Å². The number of amides is 1. The second kappa shape index (κ2) is 9.84. The summed E-state index contributed by atoms with van der Waals surface area (Å²) in [6, 6.07) is 13.6. The van der Waals surface area contributed by atoms with Gasteiger partial charge < -0.3 is 10.2 Å². The van der Waals surface area contributed by atoms with Gasteiger partial charge in [-0.1, -0.05) is 48.0 Å². The Balaban J connectivity index is 2.30. The first-order chi connectivity index (χ1) is 13.2. The zero-order valence-corrected chi connectivity index (χ0v) is 17.5. The molecule has 1 amide bonds. The zero-order chi connectivity index (χ0) is 20.7. The minimum Gasteiger partial charge on any atom is -0.340 e. The smallest absolute Gasteiger partial charge is 0.252 e. The maximum atomic E-state index is 12.8. The van der Waals surface area contributed by atoms with E-state index in [2.05, 4.69) is 16.6 Å². The van der Waals surface area contributed by atoms with Crippen molar-refractivity contribution in [2.75, 3.05) is 27.2 Å². The molecule has 2 rings (SSSR count). The predicted octanol–water partition coefficient (Wildman–Crippen LogP) is 1.42. The van der Waals surface area contributed by atoms with Crippen molar-refractivity contribution in [2.45, 2.75) is 10.9 Å². The molecule has 8 heteroatoms. The van der Waals surface area contributed by atoms with Crippen LogP contribution < -0.4 is 14.9 Å². The third-order valence-electron chi connectivity index (χ3n) is 4.02. The van der Waals surface area contributed by atoms with Gasteiger partial charge in [-0.25, -0.2) is 13.1 Å². The monoisotopic (exact) mass is 422 g/mol. The van der Waals surface area contributed by atoms with Crippen LogP contribution in [0.5, 0.6) is 0 Å². The summed E-state index contributed by atoms with van der Waals surface area (Å²) in [6.45, 7) is 4.23. The van der Waals surface area contributed by atoms with Crippen molar-refractivity contribution >= 4 is 27.5 Å². The Labute approximate surface area is 171 Å². The van der Waals surface area contributed by atoms with E-state index in [1.54, 1.807) is 0 Å². The molecule has 0 unspecified atom stereocenters. The number of hydrogen-bond acceptors (Lipinski definition) is 3. The molecule has 0 aliphatic carbocycles. The van der Waals surface area contributed by atoms with Gasteiger partial charge in [-0.05, 0) is 23.8 Å². The Morgan fingerprint density at radius 1 is 1.21 bits per heavy atom. The van der Waals surface area contributed by atoms with Crippen molar-refractivity contribution in [1.29, 1.82) is 0 Å². The number of nitrogens with one attached hydrogen (secondary N) is 3. The molecular weight excluding hydrogens is 398 g/mol. The van der Waals surface area contributed by atoms with Crippen LogP contribution in [0.1, 0.15) is 22.0 Å². The molecule has 2 aromatic rings. The van der Waals surface area contributed by atoms with Crippen LogP contribution in [0, 0.1) is 0 Å². The van der Waals surface area contributed by atoms with E-state index in [4.69, 9.17) is 11.6 Å². The fraction of sp³-hybridized carbons (Fsp3) is 0.250. The highest BCUT2D eigenvalue weighted by Gasteiger charge is 2.22. The number of carbonyl (C=O) groups is 1. The molecule has 28 heavy (non-hydrogen) atoms. The van der Waals surface area contributed by atoms with Gasteiger partial charge >= 0.3 is 0 Å². The van der Waals surface area contributed by atoms with Gasteiger partial charge in [-0.3, -0.25) is 4.79 Å². The van der Waals surface area contributed by atoms with Gasteiger partial charge in [0.15, 0.2) is 0 Å². The molecular formula is C20H25ClN3O3S+. The summed E-state index contributed by atoms with van der Waals surface area (Å²) in [4.78, 5) is 13.8. The Hall–Kier alpha value is -2.19. The molecule has 1 atom stereocenters. The average Bonchev–Trinajstić information content (AvgIpc) is 2.66. The van der Waals surface area contributed by atoms with Crippen LogP contribution in [0.2, 0.25) is 5.02 Å². The van der Waals surface area contributed by atoms with E-state index in [0.29, 0.717) is 6.54 Å². The molecule has 0 aliphatic heterocycles. The van der Waals surface area contributed by atoms with E-state index in [-0.39, 0.29) is 34.0 Å². The van der Waals surface area contributed by atoms with E-state index in [1.807, 2.05) is 44.4 Å². The van der Waals surface area contributed by atoms with Crippen molar-refractivity contribution < 1.29 is 18.1 Å². The van der Waals surface area contributed by atoms with Crippen molar-refractivity contribution in [3.05, 3.63) is 77.3 Å². The van der Waals surface area contributed by atoms with Gasteiger partial charge in [0.1, 0.15) is 17.5 Å². The average molecular weight is 423 g/mol. The van der Waals surface area contributed by atoms with Gasteiger partial charge in [0, 0.05) is 12.1 Å². The first kappa shape index (κ1) is 22.1. The van der Waals surface area contributed by atoms with E-state index in [1.165, 1.54) is 29.2 Å². The van der Waals surface area contributed by atoms with Crippen molar-refractivity contribution in [3.63, 3.8) is 0 Å². The van der Waals surface area contributed by atoms with Crippen LogP contribution in [0.4, 0.5) is 0 Å². The van der Waals surface area contributed by atoms with Gasteiger partial charge in [0.05, 0.1) is 19.1 Å². The second-order valence-corrected chi connectivity index (χ2v) is 8.78. The summed E-state index contributed by atoms with van der Waals surface area (Å²) >= 11 is 6.05. The molecule has 0 radical (unpaired) electrons. The van der Waals surface area contributed by atoms with E-state index < -0.39 is 10.0 Å². The Kier molecular flexibility index (Phi) is 7.77. The van der Waals surface area contributed by atoms with Crippen LogP contribution in [0.3, 0.4) is 0 Å². The second-order valence-electron chi connectivity index (χ2n) is 6.63. The van der Waals surface area contributed by atoms with Crippen LogP contribution in [-0.4, -0.2) is 41.5 Å². The van der Waals surface area contributed by atoms with Crippen LogP contribution >= 0.6 is 11.6 Å². The van der Waals surface area contributed by atoms with Crippen molar-refractivity contribution in [1.82, 2.24) is 10.0 Å². The SMILES string of the molecule is C=CCNS(=O)(=O)c1cc(C(=O)N[C@@H](C[NH+](C)C)c2ccccc2)ccc1Cl. The molecule has 0 heterocycles. The lowest BCUT2D eigenvalue weighted by atomic mass is 10.1. The number of carbonyl (C=O) groups excluding carboxylic acids is 1. The Morgan fingerprint density at radius 3 is 2.50 bits per heavy atom. The number of rotatable bonds is 9. The summed E-state index contributed by atoms with van der Waals surface area (Å²) in [5.41, 5.74) is 1.20. The summed E-state index contributed by atoms with van der Waals surface area (Å²) in [5, 5.41) is 3.03. The maximum Gasteiger partial charge on any atom is 0.252 e. The summed E-state index contributed by atoms with van der Waals surface area (Å²) in [7, 11) is 0.155. The lowest BCUT2D eigenvalue weighted by Crippen LogP contribution is -3.06. The molecule has 0 spiro atoms. The fourth-order valence-electron chi connectivity index (χ4n) is 2.68. The number of quaternary nitrogens is 1. The molecule has 0 saturated carbocycles. The number of halogens is 1. The molecule has 2 aromatic carbocycles. The summed E-state index contributed by atoms with van der Waals surface area (Å²) < 4.78 is 27.2. The highest BCUT2D eigenvalue weighted by Crippen LogP contribution is 2.23. The van der Waals surface area contributed by atoms with E-state index >= 15 is 0 Å². The number of sulfonamides is 1. The molecule has 0 fully saturated rings. The predicted molar refractivity (Wildman–Crippen MR) is 111 cm³/mol. The van der Waals surface area contributed by atoms with Crippen molar-refractivity contribution in [3.8, 4) is 0 Å². The van der Waals surface area contributed by atoms with Crippen molar-refractivity contribution in [2.24, 2.45) is 0 Å². The van der Waals surface area contributed by atoms with Crippen LogP contribution in [-0.2, 0) is 10.0 Å². The molecule has 150 valence electrons. The first-order valence-corrected chi connectivity index (χ1v) is 10.7. The minimum absolute atomic E-state index is 0.0467. The topological polar surface area (TPSA) is 79.7 Å². The summed E-state index contributed by atoms with van der Waals surface area (Å²) in [5.74, 6) is -0.369. The van der Waals surface area contributed by atoms with Gasteiger partial charge in [0.25, 0.3) is 5.91 Å². The van der Waals surface area contributed by atoms with Gasteiger partial charge in [-0.15, -0.1) is 6.58 Å². The number of hydrogen-bond donors (Lipinski definition) is 3. The Morgan fingerprint density at radius 2 is 1.89 bits per heavy atom. The lowest BCUT2D eigenvalue weighted by molar-refractivity contribution is -0.860. The fourth-order valence-corrected chi connectivity index (χ4v) is 4.21. The van der Waals surface area contributed by atoms with Gasteiger partial charge in [0.2, 0.25) is 10.0 Å². The first-order valence-electron chi connectivity index (χ1n) is 8.79. The van der Waals surface area contributed by atoms with E-state index in [0.717, 1.165) is 5.56 Å². The van der Waals surface area contributed by atoms with E-state index in [9.17, 15) is 13.2 Å². The molecule has 0 aliphatic rings. The van der Waals surface area contributed by atoms with Crippen LogP contribution in [0.15, 0.2) is 66.1 Å². The number of likely N-dealkylation sites (N-methyl/N-ethyl adjacent to an activating group) is 1. The quantitative estimate of drug-likeness (QED) is 0.535. The molecule has 0 aromatic heterocycles.